The predicted molar refractivity (Wildman–Crippen MR) is 110 cm³/mol. The van der Waals surface area contributed by atoms with Gasteiger partial charge in [0.2, 0.25) is 0 Å². The quantitative estimate of drug-likeness (QED) is 0.594. The summed E-state index contributed by atoms with van der Waals surface area (Å²) in [7, 11) is 0. The third kappa shape index (κ3) is 2.63. The number of benzene rings is 2. The summed E-state index contributed by atoms with van der Waals surface area (Å²) in [6.45, 7) is 0. The summed E-state index contributed by atoms with van der Waals surface area (Å²) >= 11 is 1.64. The van der Waals surface area contributed by atoms with Crippen molar-refractivity contribution in [2.45, 2.75) is 12.0 Å². The number of carbonyl (C=O) groups is 1. The monoisotopic (exact) mass is 384 g/mol. The molecule has 0 saturated heterocycles. The Bertz CT molecular complexity index is 1140. The molecule has 2 atom stereocenters. The lowest BCUT2D eigenvalue weighted by molar-refractivity contribution is 0.103. The van der Waals surface area contributed by atoms with Gasteiger partial charge in [-0.25, -0.2) is 0 Å². The third-order valence-electron chi connectivity index (χ3n) is 5.13. The first kappa shape index (κ1) is 16.8. The maximum atomic E-state index is 12.9. The number of ketones is 1. The van der Waals surface area contributed by atoms with Crippen molar-refractivity contribution in [3.8, 4) is 0 Å². The molecule has 0 saturated carbocycles. The van der Waals surface area contributed by atoms with Gasteiger partial charge in [0, 0.05) is 21.9 Å². The highest BCUT2D eigenvalue weighted by Gasteiger charge is 2.35. The second kappa shape index (κ2) is 6.69. The van der Waals surface area contributed by atoms with Gasteiger partial charge in [-0.2, -0.15) is 10.2 Å². The van der Waals surface area contributed by atoms with Crippen LogP contribution in [0.2, 0.25) is 0 Å². The van der Waals surface area contributed by atoms with E-state index in [1.54, 1.807) is 29.5 Å². The molecule has 0 radical (unpaired) electrons. The molecule has 0 unspecified atom stereocenters. The van der Waals surface area contributed by atoms with E-state index in [9.17, 15) is 9.90 Å². The molecule has 1 aliphatic heterocycles. The Kier molecular flexibility index (Phi) is 4.02. The molecule has 136 valence electrons. The number of carbonyl (C=O) groups excluding carboxylic acids is 1. The van der Waals surface area contributed by atoms with Crippen LogP contribution in [-0.4, -0.2) is 10.9 Å². The van der Waals surface area contributed by atoms with Crippen molar-refractivity contribution in [2.24, 2.45) is 10.2 Å². The maximum absolute atomic E-state index is 12.9. The highest BCUT2D eigenvalue weighted by Crippen LogP contribution is 2.44. The summed E-state index contributed by atoms with van der Waals surface area (Å²) < 4.78 is 0. The summed E-state index contributed by atoms with van der Waals surface area (Å²) in [6, 6.07) is 21.1. The fourth-order valence-electron chi connectivity index (χ4n) is 3.77. The number of hydrogen-bond acceptors (Lipinski definition) is 5. The maximum Gasteiger partial charge on any atom is 0.199 e. The van der Waals surface area contributed by atoms with Gasteiger partial charge in [0.1, 0.15) is 11.8 Å². The summed E-state index contributed by atoms with van der Waals surface area (Å²) in [5, 5.41) is 21.6. The zero-order valence-corrected chi connectivity index (χ0v) is 15.6. The van der Waals surface area contributed by atoms with Crippen LogP contribution < -0.4 is 0 Å². The molecule has 1 N–H and O–H groups in total. The SMILES string of the molecule is O=C1C(C2=C[C@@H](c3ccccc3)[C@H](c3cccs3)N=N2)=C(O)c2ccccc21. The van der Waals surface area contributed by atoms with Gasteiger partial charge >= 0.3 is 0 Å². The fraction of sp³-hybridized carbons (Fsp3) is 0.0870. The lowest BCUT2D eigenvalue weighted by atomic mass is 9.88. The van der Waals surface area contributed by atoms with E-state index in [-0.39, 0.29) is 29.1 Å². The Labute approximate surface area is 166 Å². The molecule has 0 bridgehead atoms. The van der Waals surface area contributed by atoms with Crippen LogP contribution >= 0.6 is 11.3 Å². The minimum atomic E-state index is -0.209. The Morgan fingerprint density at radius 3 is 2.36 bits per heavy atom. The number of rotatable bonds is 3. The van der Waals surface area contributed by atoms with Crippen molar-refractivity contribution >= 4 is 22.9 Å². The number of Topliss-reactive ketones (excluding diaryl/α,β-unsaturated/α-hetero) is 1. The lowest BCUT2D eigenvalue weighted by Gasteiger charge is -2.24. The molecule has 2 aromatic carbocycles. The number of fused-ring (bicyclic) bond motifs is 1. The molecule has 1 aliphatic carbocycles. The fourth-order valence-corrected chi connectivity index (χ4v) is 4.58. The van der Waals surface area contributed by atoms with Crippen molar-refractivity contribution in [1.82, 2.24) is 0 Å². The Hall–Kier alpha value is -3.31. The largest absolute Gasteiger partial charge is 0.506 e. The van der Waals surface area contributed by atoms with Gasteiger partial charge in [0.15, 0.2) is 5.78 Å². The second-order valence-electron chi connectivity index (χ2n) is 6.76. The van der Waals surface area contributed by atoms with Crippen LogP contribution in [0.5, 0.6) is 0 Å². The molecule has 0 spiro atoms. The molecule has 2 heterocycles. The predicted octanol–water partition coefficient (Wildman–Crippen LogP) is 6.09. The summed E-state index contributed by atoms with van der Waals surface area (Å²) in [4.78, 5) is 14.0. The smallest absolute Gasteiger partial charge is 0.199 e. The van der Waals surface area contributed by atoms with Gasteiger partial charge in [-0.05, 0) is 23.1 Å². The molecular weight excluding hydrogens is 368 g/mol. The van der Waals surface area contributed by atoms with Crippen molar-refractivity contribution in [2.75, 3.05) is 0 Å². The van der Waals surface area contributed by atoms with E-state index >= 15 is 0 Å². The van der Waals surface area contributed by atoms with Gasteiger partial charge < -0.3 is 5.11 Å². The number of allylic oxidation sites excluding steroid dienone is 1. The Morgan fingerprint density at radius 2 is 1.64 bits per heavy atom. The van der Waals surface area contributed by atoms with Crippen molar-refractivity contribution in [3.05, 3.63) is 111 Å². The first-order valence-corrected chi connectivity index (χ1v) is 9.91. The average molecular weight is 384 g/mol. The van der Waals surface area contributed by atoms with Crippen LogP contribution in [0, 0.1) is 0 Å². The van der Waals surface area contributed by atoms with Gasteiger partial charge in [0.25, 0.3) is 0 Å². The Morgan fingerprint density at radius 1 is 0.893 bits per heavy atom. The number of azo groups is 1. The van der Waals surface area contributed by atoms with E-state index in [2.05, 4.69) is 28.4 Å². The van der Waals surface area contributed by atoms with E-state index in [1.807, 2.05) is 41.8 Å². The molecule has 5 rings (SSSR count). The number of aliphatic hydroxyl groups excluding tert-OH is 1. The average Bonchev–Trinajstić information content (AvgIpc) is 3.36. The number of hydrogen-bond donors (Lipinski definition) is 1. The first-order valence-electron chi connectivity index (χ1n) is 9.03. The van der Waals surface area contributed by atoms with Crippen LogP contribution in [0.25, 0.3) is 5.76 Å². The molecule has 1 aromatic heterocycles. The topological polar surface area (TPSA) is 62.0 Å². The van der Waals surface area contributed by atoms with Gasteiger partial charge in [0.05, 0.1) is 11.3 Å². The molecule has 5 heteroatoms. The molecule has 0 fully saturated rings. The molecule has 0 amide bonds. The van der Waals surface area contributed by atoms with E-state index in [4.69, 9.17) is 0 Å². The highest BCUT2D eigenvalue weighted by molar-refractivity contribution is 7.10. The third-order valence-corrected chi connectivity index (χ3v) is 6.08. The van der Waals surface area contributed by atoms with E-state index in [1.165, 1.54) is 0 Å². The molecule has 4 nitrogen and oxygen atoms in total. The highest BCUT2D eigenvalue weighted by atomic mass is 32.1. The van der Waals surface area contributed by atoms with Gasteiger partial charge in [-0.3, -0.25) is 4.79 Å². The van der Waals surface area contributed by atoms with Crippen molar-refractivity contribution in [3.63, 3.8) is 0 Å². The van der Waals surface area contributed by atoms with Gasteiger partial charge in [-0.15, -0.1) is 11.3 Å². The molecule has 28 heavy (non-hydrogen) atoms. The molecule has 3 aromatic rings. The van der Waals surface area contributed by atoms with Crippen LogP contribution in [0.4, 0.5) is 0 Å². The van der Waals surface area contributed by atoms with Crippen LogP contribution in [-0.2, 0) is 0 Å². The summed E-state index contributed by atoms with van der Waals surface area (Å²) in [5.41, 5.74) is 2.81. The van der Waals surface area contributed by atoms with E-state index < -0.39 is 0 Å². The lowest BCUT2D eigenvalue weighted by Crippen LogP contribution is -2.12. The van der Waals surface area contributed by atoms with Crippen molar-refractivity contribution < 1.29 is 9.90 Å². The van der Waals surface area contributed by atoms with Crippen LogP contribution in [0.15, 0.2) is 99.7 Å². The second-order valence-corrected chi connectivity index (χ2v) is 7.74. The molecular formula is C23H16N2O2S. The van der Waals surface area contributed by atoms with Crippen LogP contribution in [0.1, 0.15) is 38.3 Å². The van der Waals surface area contributed by atoms with Crippen LogP contribution in [0.3, 0.4) is 0 Å². The minimum absolute atomic E-state index is 0.0211. The summed E-state index contributed by atoms with van der Waals surface area (Å²) in [6.07, 6.45) is 1.96. The van der Waals surface area contributed by atoms with Gasteiger partial charge in [-0.1, -0.05) is 60.7 Å². The van der Waals surface area contributed by atoms with Crippen molar-refractivity contribution in [1.29, 1.82) is 0 Å². The number of nitrogens with zero attached hydrogens (tertiary/aromatic N) is 2. The zero-order chi connectivity index (χ0) is 19.1. The normalized spacial score (nSPS) is 21.0. The van der Waals surface area contributed by atoms with E-state index in [0.29, 0.717) is 16.8 Å². The first-order chi connectivity index (χ1) is 13.7. The number of thiophene rings is 1. The zero-order valence-electron chi connectivity index (χ0n) is 14.8. The number of aliphatic hydroxyl groups is 1. The van der Waals surface area contributed by atoms with E-state index in [0.717, 1.165) is 10.4 Å². The molecule has 2 aliphatic rings. The standard InChI is InChI=1S/C23H16N2O2S/c26-22-15-9-4-5-10-16(15)23(27)20(22)18-13-17(14-7-2-1-3-8-14)21(25-24-18)19-11-6-12-28-19/h1-13,17,21,26H/t17-,21+/m0/s1. The minimum Gasteiger partial charge on any atom is -0.506 e. The summed E-state index contributed by atoms with van der Waals surface area (Å²) in [5.74, 6) is -0.295. The Balaban J connectivity index is 1.61.